The van der Waals surface area contributed by atoms with Crippen molar-refractivity contribution < 1.29 is 13.2 Å². The van der Waals surface area contributed by atoms with E-state index in [1.54, 1.807) is 0 Å². The van der Waals surface area contributed by atoms with E-state index in [1.165, 1.54) is 6.08 Å². The zero-order valence-corrected chi connectivity index (χ0v) is 27.6. The molecule has 0 amide bonds. The number of rotatable bonds is 4. The molecule has 0 fully saturated rings. The molecule has 5 heterocycles. The average molecular weight is 683 g/mol. The molecule has 4 aromatic carbocycles. The molecule has 2 aliphatic heterocycles. The number of nitrogens with zero attached hydrogens (tertiary/aromatic N) is 2. The second kappa shape index (κ2) is 12.5. The van der Waals surface area contributed by atoms with Crippen LogP contribution in [0.1, 0.15) is 22.8 Å². The number of aromatic nitrogens is 4. The SMILES string of the molecule is FC(F)(F)C1=Cc2nc1c(-c1ccccc1)c1ccc([nH]1)c(-c1ccccc1)c1nc(c(-c3ccccc3)c3ccc([nH]3)c2-c2ccccc2)C=C1. The monoisotopic (exact) mass is 682 g/mol. The lowest BCUT2D eigenvalue weighted by Gasteiger charge is -2.11. The fraction of sp³-hybridized carbons (Fsp3) is 0.0222. The molecule has 0 radical (unpaired) electrons. The van der Waals surface area contributed by atoms with Crippen LogP contribution >= 0.6 is 0 Å². The number of hydrogen-bond donors (Lipinski definition) is 2. The second-order valence-corrected chi connectivity index (χ2v) is 12.7. The summed E-state index contributed by atoms with van der Waals surface area (Å²) in [4.78, 5) is 17.2. The van der Waals surface area contributed by atoms with Gasteiger partial charge in [-0.05, 0) is 64.7 Å². The molecule has 7 heteroatoms. The van der Waals surface area contributed by atoms with Crippen molar-refractivity contribution in [2.45, 2.75) is 6.18 Å². The van der Waals surface area contributed by atoms with Crippen molar-refractivity contribution in [1.82, 2.24) is 19.9 Å². The second-order valence-electron chi connectivity index (χ2n) is 12.7. The molecule has 7 aromatic rings. The minimum Gasteiger partial charge on any atom is -0.354 e. The summed E-state index contributed by atoms with van der Waals surface area (Å²) in [6.45, 7) is 0. The maximum atomic E-state index is 15.2. The topological polar surface area (TPSA) is 57.4 Å². The predicted molar refractivity (Wildman–Crippen MR) is 206 cm³/mol. The van der Waals surface area contributed by atoms with Crippen molar-refractivity contribution in [3.63, 3.8) is 0 Å². The Morgan fingerprint density at radius 2 is 0.731 bits per heavy atom. The highest BCUT2D eigenvalue weighted by molar-refractivity contribution is 6.02. The van der Waals surface area contributed by atoms with Crippen molar-refractivity contribution in [1.29, 1.82) is 0 Å². The molecule has 2 aliphatic rings. The minimum atomic E-state index is -4.69. The van der Waals surface area contributed by atoms with Gasteiger partial charge in [0.2, 0.25) is 0 Å². The molecule has 4 nitrogen and oxygen atoms in total. The van der Waals surface area contributed by atoms with Crippen LogP contribution < -0.4 is 0 Å². The van der Waals surface area contributed by atoms with Gasteiger partial charge < -0.3 is 9.97 Å². The number of aromatic amines is 2. The van der Waals surface area contributed by atoms with E-state index in [0.29, 0.717) is 33.2 Å². The highest BCUT2D eigenvalue weighted by Crippen LogP contribution is 2.45. The highest BCUT2D eigenvalue weighted by Gasteiger charge is 2.40. The van der Waals surface area contributed by atoms with E-state index in [1.807, 2.05) is 158 Å². The number of halogens is 3. The summed E-state index contributed by atoms with van der Waals surface area (Å²) >= 11 is 0. The third-order valence-corrected chi connectivity index (χ3v) is 9.42. The number of nitrogens with one attached hydrogen (secondary N) is 2. The number of hydrogen-bond acceptors (Lipinski definition) is 2. The maximum absolute atomic E-state index is 15.2. The van der Waals surface area contributed by atoms with E-state index in [9.17, 15) is 0 Å². The first-order valence-electron chi connectivity index (χ1n) is 16.9. The Kier molecular flexibility index (Phi) is 7.55. The third-order valence-electron chi connectivity index (χ3n) is 9.42. The molecule has 0 aliphatic carbocycles. The Bertz CT molecular complexity index is 2690. The van der Waals surface area contributed by atoms with Gasteiger partial charge >= 0.3 is 6.18 Å². The van der Waals surface area contributed by atoms with Crippen LogP contribution in [0.4, 0.5) is 13.2 Å². The van der Waals surface area contributed by atoms with Crippen molar-refractivity contribution >= 4 is 45.9 Å². The lowest BCUT2D eigenvalue weighted by atomic mass is 9.99. The van der Waals surface area contributed by atoms with Crippen LogP contribution in [0.3, 0.4) is 0 Å². The smallest absolute Gasteiger partial charge is 0.354 e. The molecular weight excluding hydrogens is 654 g/mol. The van der Waals surface area contributed by atoms with E-state index in [0.717, 1.165) is 44.7 Å². The first-order chi connectivity index (χ1) is 25.4. The largest absolute Gasteiger partial charge is 0.418 e. The summed E-state index contributed by atoms with van der Waals surface area (Å²) < 4.78 is 45.7. The molecule has 9 rings (SSSR count). The Labute approximate surface area is 297 Å². The lowest BCUT2D eigenvalue weighted by Crippen LogP contribution is -2.10. The average Bonchev–Trinajstić information content (AvgIpc) is 4.00. The summed E-state index contributed by atoms with van der Waals surface area (Å²) in [5, 5.41) is 0. The number of alkyl halides is 3. The molecule has 8 bridgehead atoms. The van der Waals surface area contributed by atoms with E-state index in [4.69, 9.17) is 9.97 Å². The van der Waals surface area contributed by atoms with Crippen molar-refractivity contribution in [2.24, 2.45) is 0 Å². The Morgan fingerprint density at radius 1 is 0.385 bits per heavy atom. The summed E-state index contributed by atoms with van der Waals surface area (Å²) in [6, 6.07) is 46.0. The Hall–Kier alpha value is -6.73. The summed E-state index contributed by atoms with van der Waals surface area (Å²) in [5.74, 6) is 0. The maximum Gasteiger partial charge on any atom is 0.418 e. The Morgan fingerprint density at radius 3 is 1.12 bits per heavy atom. The van der Waals surface area contributed by atoms with Crippen LogP contribution in [0, 0.1) is 0 Å². The minimum absolute atomic E-state index is 0.152. The zero-order valence-electron chi connectivity index (χ0n) is 27.6. The third kappa shape index (κ3) is 5.53. The highest BCUT2D eigenvalue weighted by atomic mass is 19.4. The van der Waals surface area contributed by atoms with Gasteiger partial charge in [-0.1, -0.05) is 121 Å². The van der Waals surface area contributed by atoms with Gasteiger partial charge in [-0.2, -0.15) is 13.2 Å². The van der Waals surface area contributed by atoms with Crippen LogP contribution in [0.15, 0.2) is 146 Å². The van der Waals surface area contributed by atoms with Crippen LogP contribution in [0.5, 0.6) is 0 Å². The summed E-state index contributed by atoms with van der Waals surface area (Å²) in [5.41, 5.74) is 9.14. The number of benzene rings is 4. The van der Waals surface area contributed by atoms with Gasteiger partial charge in [-0.15, -0.1) is 0 Å². The Balaban J connectivity index is 1.53. The van der Waals surface area contributed by atoms with Gasteiger partial charge in [0, 0.05) is 44.3 Å². The normalized spacial score (nSPS) is 12.6. The van der Waals surface area contributed by atoms with Gasteiger partial charge in [-0.3, -0.25) is 0 Å². The summed E-state index contributed by atoms with van der Waals surface area (Å²) in [6.07, 6.45) is 0.509. The number of allylic oxidation sites excluding steroid dienone is 1. The molecule has 0 saturated heterocycles. The first kappa shape index (κ1) is 31.3. The van der Waals surface area contributed by atoms with Crippen molar-refractivity contribution in [3.05, 3.63) is 168 Å². The van der Waals surface area contributed by atoms with E-state index in [-0.39, 0.29) is 11.4 Å². The van der Waals surface area contributed by atoms with Gasteiger partial charge in [0.05, 0.1) is 28.3 Å². The van der Waals surface area contributed by atoms with Crippen LogP contribution in [0.25, 0.3) is 90.4 Å². The molecule has 2 N–H and O–H groups in total. The predicted octanol–water partition coefficient (Wildman–Crippen LogP) is 12.3. The summed E-state index contributed by atoms with van der Waals surface area (Å²) in [7, 11) is 0. The van der Waals surface area contributed by atoms with Crippen LogP contribution in [-0.2, 0) is 0 Å². The molecule has 52 heavy (non-hydrogen) atoms. The van der Waals surface area contributed by atoms with Crippen molar-refractivity contribution in [2.75, 3.05) is 0 Å². The molecule has 250 valence electrons. The quantitative estimate of drug-likeness (QED) is 0.194. The van der Waals surface area contributed by atoms with Crippen molar-refractivity contribution in [3.8, 4) is 44.5 Å². The molecule has 0 unspecified atom stereocenters. The van der Waals surface area contributed by atoms with Gasteiger partial charge in [0.15, 0.2) is 0 Å². The molecular formula is C45H29F3N4. The fourth-order valence-electron chi connectivity index (χ4n) is 7.13. The fourth-order valence-corrected chi connectivity index (χ4v) is 7.13. The number of fused-ring (bicyclic) bond motifs is 8. The van der Waals surface area contributed by atoms with Crippen LogP contribution in [0.2, 0.25) is 0 Å². The first-order valence-corrected chi connectivity index (χ1v) is 16.9. The van der Waals surface area contributed by atoms with Gasteiger partial charge in [0.1, 0.15) is 0 Å². The molecule has 0 spiro atoms. The molecule has 3 aromatic heterocycles. The lowest BCUT2D eigenvalue weighted by molar-refractivity contribution is -0.0683. The van der Waals surface area contributed by atoms with Crippen LogP contribution in [-0.4, -0.2) is 26.1 Å². The molecule has 0 atom stereocenters. The van der Waals surface area contributed by atoms with Gasteiger partial charge in [-0.25, -0.2) is 9.97 Å². The standard InChI is InChI=1S/C45H29F3N4/c46-45(47,48)32-27-39-42(30-17-9-3-10-18-30)37-24-23-35(50-37)40(28-13-5-1-6-14-28)33-21-22-34(49-33)41(29-15-7-2-8-16-29)36-25-26-38(51-36)43(44(32)52-39)31-19-11-4-12-20-31/h1-27,50-51H. The van der Waals surface area contributed by atoms with Gasteiger partial charge in [0.25, 0.3) is 0 Å². The van der Waals surface area contributed by atoms with E-state index in [2.05, 4.69) is 9.97 Å². The van der Waals surface area contributed by atoms with E-state index >= 15 is 13.2 Å². The zero-order chi connectivity index (χ0) is 35.2. The van der Waals surface area contributed by atoms with E-state index < -0.39 is 11.7 Å². The molecule has 0 saturated carbocycles. The number of H-pyrrole nitrogens is 2.